The molecule has 0 heterocycles. The molecule has 13 heavy (non-hydrogen) atoms. The minimum absolute atomic E-state index is 0.506. The third-order valence-electron chi connectivity index (χ3n) is 2.48. The first-order valence-corrected chi connectivity index (χ1v) is 5.06. The summed E-state index contributed by atoms with van der Waals surface area (Å²) in [6, 6.07) is 6.38. The van der Waals surface area contributed by atoms with Gasteiger partial charge in [-0.15, -0.1) is 0 Å². The van der Waals surface area contributed by atoms with Crippen LogP contribution in [0.1, 0.15) is 30.9 Å². The van der Waals surface area contributed by atoms with Gasteiger partial charge in [0.05, 0.1) is 6.10 Å². The molecular weight excluding hydrogens is 160 g/mol. The number of para-hydroxylation sites is 1. The van der Waals surface area contributed by atoms with E-state index < -0.39 is 0 Å². The highest BCUT2D eigenvalue weighted by atomic mass is 16.5. The van der Waals surface area contributed by atoms with Gasteiger partial charge in [-0.2, -0.15) is 0 Å². The van der Waals surface area contributed by atoms with Gasteiger partial charge in [0.2, 0.25) is 0 Å². The summed E-state index contributed by atoms with van der Waals surface area (Å²) in [5, 5.41) is 0. The maximum Gasteiger partial charge on any atom is 0.125 e. The van der Waals surface area contributed by atoms with Crippen LogP contribution in [0.25, 0.3) is 0 Å². The molecule has 0 saturated heterocycles. The SMILES string of the molecule is CCc1cccc(C)c1OC1CC1. The summed E-state index contributed by atoms with van der Waals surface area (Å²) >= 11 is 0. The third-order valence-corrected chi connectivity index (χ3v) is 2.48. The lowest BCUT2D eigenvalue weighted by Gasteiger charge is -2.12. The molecule has 0 spiro atoms. The second-order valence-corrected chi connectivity index (χ2v) is 3.73. The average Bonchev–Trinajstić information content (AvgIpc) is 2.92. The van der Waals surface area contributed by atoms with Crippen molar-refractivity contribution in [2.45, 2.75) is 39.2 Å². The first kappa shape index (κ1) is 8.61. The molecule has 1 aliphatic carbocycles. The van der Waals surface area contributed by atoms with Gasteiger partial charge in [-0.05, 0) is 37.3 Å². The molecule has 0 aromatic heterocycles. The highest BCUT2D eigenvalue weighted by molar-refractivity contribution is 5.41. The van der Waals surface area contributed by atoms with Gasteiger partial charge in [0.15, 0.2) is 0 Å². The molecule has 70 valence electrons. The van der Waals surface area contributed by atoms with Crippen molar-refractivity contribution in [1.82, 2.24) is 0 Å². The van der Waals surface area contributed by atoms with Crippen molar-refractivity contribution >= 4 is 0 Å². The molecular formula is C12H16O. The molecule has 2 rings (SSSR count). The summed E-state index contributed by atoms with van der Waals surface area (Å²) in [5.41, 5.74) is 2.61. The Labute approximate surface area is 79.7 Å². The molecule has 1 fully saturated rings. The Kier molecular flexibility index (Phi) is 2.26. The van der Waals surface area contributed by atoms with Crippen molar-refractivity contribution in [3.05, 3.63) is 29.3 Å². The Morgan fingerprint density at radius 1 is 1.38 bits per heavy atom. The summed E-state index contributed by atoms with van der Waals surface area (Å²) in [4.78, 5) is 0. The Morgan fingerprint density at radius 2 is 2.15 bits per heavy atom. The van der Waals surface area contributed by atoms with Crippen molar-refractivity contribution in [3.8, 4) is 5.75 Å². The minimum atomic E-state index is 0.506. The van der Waals surface area contributed by atoms with Crippen LogP contribution in [0.15, 0.2) is 18.2 Å². The van der Waals surface area contributed by atoms with E-state index in [9.17, 15) is 0 Å². The van der Waals surface area contributed by atoms with Gasteiger partial charge in [0.25, 0.3) is 0 Å². The normalized spacial score (nSPS) is 15.8. The fourth-order valence-corrected chi connectivity index (χ4v) is 1.51. The first-order valence-electron chi connectivity index (χ1n) is 5.06. The van der Waals surface area contributed by atoms with Crippen LogP contribution < -0.4 is 4.74 Å². The van der Waals surface area contributed by atoms with Crippen molar-refractivity contribution in [2.24, 2.45) is 0 Å². The summed E-state index contributed by atoms with van der Waals surface area (Å²) in [6.07, 6.45) is 4.03. The highest BCUT2D eigenvalue weighted by Crippen LogP contribution is 2.31. The molecule has 0 radical (unpaired) electrons. The van der Waals surface area contributed by atoms with Gasteiger partial charge in [-0.1, -0.05) is 25.1 Å². The summed E-state index contributed by atoms with van der Waals surface area (Å²) < 4.78 is 5.88. The lowest BCUT2D eigenvalue weighted by atomic mass is 10.1. The molecule has 0 bridgehead atoms. The quantitative estimate of drug-likeness (QED) is 0.687. The average molecular weight is 176 g/mol. The molecule has 1 heteroatoms. The minimum Gasteiger partial charge on any atom is -0.490 e. The number of hydrogen-bond donors (Lipinski definition) is 0. The van der Waals surface area contributed by atoms with E-state index >= 15 is 0 Å². The maximum absolute atomic E-state index is 5.88. The molecule has 0 aliphatic heterocycles. The van der Waals surface area contributed by atoms with Gasteiger partial charge in [-0.25, -0.2) is 0 Å². The molecule has 0 atom stereocenters. The van der Waals surface area contributed by atoms with Crippen LogP contribution in [0.2, 0.25) is 0 Å². The van der Waals surface area contributed by atoms with Crippen molar-refractivity contribution in [2.75, 3.05) is 0 Å². The van der Waals surface area contributed by atoms with E-state index in [4.69, 9.17) is 4.74 Å². The number of rotatable bonds is 3. The van der Waals surface area contributed by atoms with Crippen LogP contribution in [0, 0.1) is 6.92 Å². The number of aryl methyl sites for hydroxylation is 2. The Bertz CT molecular complexity index is 300. The topological polar surface area (TPSA) is 9.23 Å². The summed E-state index contributed by atoms with van der Waals surface area (Å²) in [7, 11) is 0. The predicted octanol–water partition coefficient (Wildman–Crippen LogP) is 3.10. The number of benzene rings is 1. The van der Waals surface area contributed by atoms with E-state index in [-0.39, 0.29) is 0 Å². The molecule has 1 aliphatic rings. The monoisotopic (exact) mass is 176 g/mol. The van der Waals surface area contributed by atoms with Crippen LogP contribution in [0.4, 0.5) is 0 Å². The van der Waals surface area contributed by atoms with Crippen LogP contribution in [0.5, 0.6) is 5.75 Å². The van der Waals surface area contributed by atoms with E-state index in [1.54, 1.807) is 0 Å². The second-order valence-electron chi connectivity index (χ2n) is 3.73. The van der Waals surface area contributed by atoms with E-state index in [1.807, 2.05) is 0 Å². The van der Waals surface area contributed by atoms with Crippen LogP contribution in [-0.2, 0) is 6.42 Å². The fourth-order valence-electron chi connectivity index (χ4n) is 1.51. The molecule has 0 amide bonds. The second kappa shape index (κ2) is 3.41. The Morgan fingerprint density at radius 3 is 2.77 bits per heavy atom. The lowest BCUT2D eigenvalue weighted by Crippen LogP contribution is -2.01. The van der Waals surface area contributed by atoms with Gasteiger partial charge in [-0.3, -0.25) is 0 Å². The Balaban J connectivity index is 2.27. The van der Waals surface area contributed by atoms with E-state index in [2.05, 4.69) is 32.0 Å². The number of ether oxygens (including phenoxy) is 1. The smallest absolute Gasteiger partial charge is 0.125 e. The van der Waals surface area contributed by atoms with Crippen LogP contribution in [0.3, 0.4) is 0 Å². The van der Waals surface area contributed by atoms with Gasteiger partial charge in [0.1, 0.15) is 5.75 Å². The zero-order valence-corrected chi connectivity index (χ0v) is 8.34. The molecule has 0 N–H and O–H groups in total. The summed E-state index contributed by atoms with van der Waals surface area (Å²) in [5.74, 6) is 1.13. The van der Waals surface area contributed by atoms with E-state index in [0.717, 1.165) is 12.2 Å². The van der Waals surface area contributed by atoms with Crippen molar-refractivity contribution in [3.63, 3.8) is 0 Å². The highest BCUT2D eigenvalue weighted by Gasteiger charge is 2.24. The number of hydrogen-bond acceptors (Lipinski definition) is 1. The predicted molar refractivity (Wildman–Crippen MR) is 54.2 cm³/mol. The van der Waals surface area contributed by atoms with Crippen molar-refractivity contribution < 1.29 is 4.74 Å². The van der Waals surface area contributed by atoms with Crippen LogP contribution in [-0.4, -0.2) is 6.10 Å². The van der Waals surface area contributed by atoms with Gasteiger partial charge >= 0.3 is 0 Å². The van der Waals surface area contributed by atoms with Crippen LogP contribution >= 0.6 is 0 Å². The molecule has 0 unspecified atom stereocenters. The molecule has 1 nitrogen and oxygen atoms in total. The Hall–Kier alpha value is -0.980. The van der Waals surface area contributed by atoms with Gasteiger partial charge < -0.3 is 4.74 Å². The molecule has 1 aromatic carbocycles. The lowest BCUT2D eigenvalue weighted by molar-refractivity contribution is 0.298. The largest absolute Gasteiger partial charge is 0.490 e. The zero-order chi connectivity index (χ0) is 9.26. The van der Waals surface area contributed by atoms with E-state index in [0.29, 0.717) is 6.10 Å². The van der Waals surface area contributed by atoms with E-state index in [1.165, 1.54) is 24.0 Å². The standard InChI is InChI=1S/C12H16O/c1-3-10-6-4-5-9(2)12(10)13-11-7-8-11/h4-6,11H,3,7-8H2,1-2H3. The van der Waals surface area contributed by atoms with Gasteiger partial charge in [0, 0.05) is 0 Å². The molecule has 1 saturated carbocycles. The first-order chi connectivity index (χ1) is 6.31. The fraction of sp³-hybridized carbons (Fsp3) is 0.500. The zero-order valence-electron chi connectivity index (χ0n) is 8.34. The van der Waals surface area contributed by atoms with Crippen molar-refractivity contribution in [1.29, 1.82) is 0 Å². The molecule has 1 aromatic rings. The summed E-state index contributed by atoms with van der Waals surface area (Å²) in [6.45, 7) is 4.30. The third kappa shape index (κ3) is 1.85. The maximum atomic E-state index is 5.88.